The Morgan fingerprint density at radius 2 is 1.93 bits per heavy atom. The van der Waals surface area contributed by atoms with E-state index in [2.05, 4.69) is 16.0 Å². The molecule has 0 unspecified atom stereocenters. The van der Waals surface area contributed by atoms with Crippen molar-refractivity contribution in [2.45, 2.75) is 19.4 Å². The SMILES string of the molecule is Cc1[nH]c(C#N)nc1-c1cc(C(=O)N2CC(c3ccc(C#N)cc3)C2)ccc1CN. The van der Waals surface area contributed by atoms with Gasteiger partial charge in [-0.15, -0.1) is 0 Å². The predicted molar refractivity (Wildman–Crippen MR) is 111 cm³/mol. The van der Waals surface area contributed by atoms with Crippen molar-refractivity contribution >= 4 is 5.91 Å². The van der Waals surface area contributed by atoms with Crippen LogP contribution in [0.25, 0.3) is 11.3 Å². The normalized spacial score (nSPS) is 13.4. The highest BCUT2D eigenvalue weighted by atomic mass is 16.2. The van der Waals surface area contributed by atoms with Gasteiger partial charge in [0.1, 0.15) is 6.07 Å². The number of carbonyl (C=O) groups excluding carboxylic acids is 1. The van der Waals surface area contributed by atoms with E-state index in [9.17, 15) is 4.79 Å². The van der Waals surface area contributed by atoms with E-state index in [1.165, 1.54) is 0 Å². The summed E-state index contributed by atoms with van der Waals surface area (Å²) in [5.41, 5.74) is 11.3. The smallest absolute Gasteiger partial charge is 0.253 e. The summed E-state index contributed by atoms with van der Waals surface area (Å²) in [6.45, 7) is 3.43. The van der Waals surface area contributed by atoms with Crippen LogP contribution in [0.4, 0.5) is 0 Å². The van der Waals surface area contributed by atoms with Crippen molar-refractivity contribution in [3.8, 4) is 23.4 Å². The molecule has 0 bridgehead atoms. The van der Waals surface area contributed by atoms with Crippen LogP contribution in [0.5, 0.6) is 0 Å². The van der Waals surface area contributed by atoms with Gasteiger partial charge in [0.15, 0.2) is 0 Å². The van der Waals surface area contributed by atoms with Gasteiger partial charge in [0.2, 0.25) is 5.82 Å². The van der Waals surface area contributed by atoms with Crippen LogP contribution in [0.2, 0.25) is 0 Å². The highest BCUT2D eigenvalue weighted by molar-refractivity contribution is 5.96. The molecule has 148 valence electrons. The average Bonchev–Trinajstić information content (AvgIpc) is 3.13. The molecular weight excluding hydrogens is 376 g/mol. The molecule has 3 aromatic rings. The number of nitrogens with zero attached hydrogens (tertiary/aromatic N) is 4. The summed E-state index contributed by atoms with van der Waals surface area (Å²) in [6, 6.07) is 17.1. The number of hydrogen-bond donors (Lipinski definition) is 2. The first-order chi connectivity index (χ1) is 14.5. The number of nitrogens with one attached hydrogen (secondary N) is 1. The molecule has 0 radical (unpaired) electrons. The maximum Gasteiger partial charge on any atom is 0.253 e. The number of hydrogen-bond acceptors (Lipinski definition) is 5. The molecule has 2 aromatic carbocycles. The number of aromatic amines is 1. The van der Waals surface area contributed by atoms with Crippen LogP contribution in [0, 0.1) is 29.6 Å². The summed E-state index contributed by atoms with van der Waals surface area (Å²) < 4.78 is 0. The summed E-state index contributed by atoms with van der Waals surface area (Å²) in [6.07, 6.45) is 0. The summed E-state index contributed by atoms with van der Waals surface area (Å²) >= 11 is 0. The zero-order valence-electron chi connectivity index (χ0n) is 16.5. The molecule has 1 aromatic heterocycles. The van der Waals surface area contributed by atoms with E-state index in [1.807, 2.05) is 42.2 Å². The number of aromatic nitrogens is 2. The van der Waals surface area contributed by atoms with Crippen LogP contribution in [0.15, 0.2) is 42.5 Å². The molecule has 7 heteroatoms. The third-order valence-electron chi connectivity index (χ3n) is 5.50. The maximum atomic E-state index is 13.0. The van der Waals surface area contributed by atoms with E-state index in [-0.39, 0.29) is 17.6 Å². The molecule has 30 heavy (non-hydrogen) atoms. The summed E-state index contributed by atoms with van der Waals surface area (Å²) in [7, 11) is 0. The second-order valence-corrected chi connectivity index (χ2v) is 7.39. The quantitative estimate of drug-likeness (QED) is 0.702. The molecule has 1 aliphatic rings. The fourth-order valence-corrected chi connectivity index (χ4v) is 3.75. The number of amides is 1. The number of nitriles is 2. The standard InChI is InChI=1S/C23H20N6O/c1-14-22(28-21(11-26)27-14)20-8-17(6-7-18(20)10-25)23(30)29-12-19(13-29)16-4-2-15(9-24)3-5-16/h2-8,19H,10,12-13,25H2,1H3,(H,27,28). The Morgan fingerprint density at radius 1 is 1.20 bits per heavy atom. The van der Waals surface area contributed by atoms with Gasteiger partial charge in [0, 0.05) is 42.4 Å². The fourth-order valence-electron chi connectivity index (χ4n) is 3.75. The van der Waals surface area contributed by atoms with Crippen LogP contribution >= 0.6 is 0 Å². The molecule has 4 rings (SSSR count). The van der Waals surface area contributed by atoms with Gasteiger partial charge in [-0.05, 0) is 42.3 Å². The molecule has 3 N–H and O–H groups in total. The second-order valence-electron chi connectivity index (χ2n) is 7.39. The lowest BCUT2D eigenvalue weighted by atomic mass is 9.90. The molecule has 0 aliphatic carbocycles. The van der Waals surface area contributed by atoms with E-state index < -0.39 is 0 Å². The number of carbonyl (C=O) groups is 1. The highest BCUT2D eigenvalue weighted by Gasteiger charge is 2.32. The molecule has 0 spiro atoms. The molecule has 7 nitrogen and oxygen atoms in total. The Morgan fingerprint density at radius 3 is 2.53 bits per heavy atom. The summed E-state index contributed by atoms with van der Waals surface area (Å²) in [5.74, 6) is 0.463. The Hall–Kier alpha value is -3.94. The maximum absolute atomic E-state index is 13.0. The van der Waals surface area contributed by atoms with Gasteiger partial charge < -0.3 is 15.6 Å². The number of likely N-dealkylation sites (tertiary alicyclic amines) is 1. The van der Waals surface area contributed by atoms with Crippen molar-refractivity contribution in [3.05, 3.63) is 76.2 Å². The van der Waals surface area contributed by atoms with Gasteiger partial charge >= 0.3 is 0 Å². The Bertz CT molecular complexity index is 1190. The minimum atomic E-state index is -0.0431. The van der Waals surface area contributed by atoms with Crippen LogP contribution < -0.4 is 5.73 Å². The minimum Gasteiger partial charge on any atom is -0.337 e. The Kier molecular flexibility index (Phi) is 5.05. The van der Waals surface area contributed by atoms with Gasteiger partial charge in [-0.2, -0.15) is 10.5 Å². The van der Waals surface area contributed by atoms with E-state index in [0.717, 1.165) is 22.4 Å². The summed E-state index contributed by atoms with van der Waals surface area (Å²) in [5, 5.41) is 18.0. The topological polar surface area (TPSA) is 123 Å². The van der Waals surface area contributed by atoms with E-state index in [0.29, 0.717) is 36.5 Å². The first kappa shape index (κ1) is 19.4. The van der Waals surface area contributed by atoms with Crippen molar-refractivity contribution < 1.29 is 4.79 Å². The lowest BCUT2D eigenvalue weighted by molar-refractivity contribution is 0.0602. The van der Waals surface area contributed by atoms with Crippen molar-refractivity contribution in [1.82, 2.24) is 14.9 Å². The van der Waals surface area contributed by atoms with E-state index in [1.54, 1.807) is 18.2 Å². The number of benzene rings is 2. The fraction of sp³-hybridized carbons (Fsp3) is 0.217. The molecule has 0 saturated carbocycles. The zero-order chi connectivity index (χ0) is 21.3. The molecule has 2 heterocycles. The molecule has 1 fully saturated rings. The van der Waals surface area contributed by atoms with E-state index >= 15 is 0 Å². The van der Waals surface area contributed by atoms with Crippen LogP contribution in [-0.4, -0.2) is 33.9 Å². The lowest BCUT2D eigenvalue weighted by Crippen LogP contribution is -2.48. The van der Waals surface area contributed by atoms with E-state index in [4.69, 9.17) is 16.3 Å². The summed E-state index contributed by atoms with van der Waals surface area (Å²) in [4.78, 5) is 22.1. The van der Waals surface area contributed by atoms with Crippen LogP contribution in [-0.2, 0) is 6.54 Å². The molecule has 1 aliphatic heterocycles. The van der Waals surface area contributed by atoms with Crippen molar-refractivity contribution in [2.24, 2.45) is 5.73 Å². The Labute approximate surface area is 174 Å². The molecule has 1 amide bonds. The molecule has 0 atom stereocenters. The van der Waals surface area contributed by atoms with Gasteiger partial charge in [-0.3, -0.25) is 4.79 Å². The average molecular weight is 396 g/mol. The van der Waals surface area contributed by atoms with Crippen LogP contribution in [0.1, 0.15) is 44.5 Å². The molecular formula is C23H20N6O. The highest BCUT2D eigenvalue weighted by Crippen LogP contribution is 2.31. The van der Waals surface area contributed by atoms with Crippen molar-refractivity contribution in [2.75, 3.05) is 13.1 Å². The number of imidazole rings is 1. The third kappa shape index (κ3) is 3.43. The zero-order valence-corrected chi connectivity index (χ0v) is 16.5. The van der Waals surface area contributed by atoms with Gasteiger partial charge in [0.25, 0.3) is 5.91 Å². The molecule has 1 saturated heterocycles. The monoisotopic (exact) mass is 396 g/mol. The van der Waals surface area contributed by atoms with Gasteiger partial charge in [-0.25, -0.2) is 4.98 Å². The largest absolute Gasteiger partial charge is 0.337 e. The van der Waals surface area contributed by atoms with Crippen molar-refractivity contribution in [3.63, 3.8) is 0 Å². The van der Waals surface area contributed by atoms with Gasteiger partial charge in [-0.1, -0.05) is 18.2 Å². The minimum absolute atomic E-state index is 0.0431. The number of aryl methyl sites for hydroxylation is 1. The van der Waals surface area contributed by atoms with Crippen molar-refractivity contribution in [1.29, 1.82) is 10.5 Å². The van der Waals surface area contributed by atoms with Crippen LogP contribution in [0.3, 0.4) is 0 Å². The first-order valence-corrected chi connectivity index (χ1v) is 9.63. The lowest BCUT2D eigenvalue weighted by Gasteiger charge is -2.39. The first-order valence-electron chi connectivity index (χ1n) is 9.63. The van der Waals surface area contributed by atoms with Gasteiger partial charge in [0.05, 0.1) is 17.3 Å². The third-order valence-corrected chi connectivity index (χ3v) is 5.50. The predicted octanol–water partition coefficient (Wildman–Crippen LogP) is 2.83. The number of H-pyrrole nitrogens is 1. The Balaban J connectivity index is 1.54. The number of rotatable bonds is 4. The number of nitrogens with two attached hydrogens (primary N) is 1. The second kappa shape index (κ2) is 7.82.